The number of rotatable bonds is 2. The third-order valence-electron chi connectivity index (χ3n) is 1.51. The van der Waals surface area contributed by atoms with Crippen molar-refractivity contribution in [2.24, 2.45) is 0 Å². The zero-order chi connectivity index (χ0) is 10.7. The smallest absolute Gasteiger partial charge is 0.339 e. The highest BCUT2D eigenvalue weighted by atomic mass is 127. The molecule has 2 nitrogen and oxygen atoms in total. The molecule has 0 radical (unpaired) electrons. The summed E-state index contributed by atoms with van der Waals surface area (Å²) in [6.07, 6.45) is -0.0730. The van der Waals surface area contributed by atoms with E-state index in [2.05, 4.69) is 45.2 Å². The van der Waals surface area contributed by atoms with Gasteiger partial charge in [0.25, 0.3) is 0 Å². The zero-order valence-electron chi connectivity index (χ0n) is 7.88. The maximum Gasteiger partial charge on any atom is 0.339 e. The summed E-state index contributed by atoms with van der Waals surface area (Å²) in [6.45, 7) is 3.69. The summed E-state index contributed by atoms with van der Waals surface area (Å²) < 4.78 is 7.15. The minimum absolute atomic E-state index is 0.0730. The first-order valence-corrected chi connectivity index (χ1v) is 6.33. The van der Waals surface area contributed by atoms with E-state index in [0.717, 1.165) is 7.14 Å². The Morgan fingerprint density at radius 2 is 2.00 bits per heavy atom. The van der Waals surface area contributed by atoms with E-state index in [4.69, 9.17) is 4.74 Å². The molecular weight excluding hydrogens is 406 g/mol. The van der Waals surface area contributed by atoms with Gasteiger partial charge in [0.1, 0.15) is 0 Å². The second kappa shape index (κ2) is 5.29. The van der Waals surface area contributed by atoms with Crippen molar-refractivity contribution in [3.05, 3.63) is 30.9 Å². The van der Waals surface area contributed by atoms with Crippen molar-refractivity contribution in [2.45, 2.75) is 20.0 Å². The predicted octanol–water partition coefficient (Wildman–Crippen LogP) is 3.46. The lowest BCUT2D eigenvalue weighted by Crippen LogP contribution is -2.13. The number of hydrogen-bond acceptors (Lipinski definition) is 2. The minimum Gasteiger partial charge on any atom is -0.459 e. The summed E-state index contributed by atoms with van der Waals surface area (Å²) in [6, 6.07) is 5.62. The van der Waals surface area contributed by atoms with E-state index in [1.807, 2.05) is 26.0 Å². The fraction of sp³-hybridized carbons (Fsp3) is 0.300. The molecule has 4 heteroatoms. The van der Waals surface area contributed by atoms with Crippen LogP contribution in [-0.2, 0) is 4.74 Å². The Bertz CT molecular complexity index is 348. The first-order chi connectivity index (χ1) is 6.52. The number of carbonyl (C=O) groups is 1. The molecule has 0 N–H and O–H groups in total. The normalized spacial score (nSPS) is 10.4. The van der Waals surface area contributed by atoms with Crippen molar-refractivity contribution < 1.29 is 9.53 Å². The molecule has 0 atom stereocenters. The van der Waals surface area contributed by atoms with Gasteiger partial charge in [0.15, 0.2) is 0 Å². The van der Waals surface area contributed by atoms with Crippen LogP contribution >= 0.6 is 45.2 Å². The van der Waals surface area contributed by atoms with Gasteiger partial charge in [-0.2, -0.15) is 0 Å². The Kier molecular flexibility index (Phi) is 4.62. The summed E-state index contributed by atoms with van der Waals surface area (Å²) in [5, 5.41) is 0. The van der Waals surface area contributed by atoms with Crippen LogP contribution in [0.5, 0.6) is 0 Å². The molecule has 0 fully saturated rings. The molecule has 0 unspecified atom stereocenters. The predicted molar refractivity (Wildman–Crippen MR) is 72.4 cm³/mol. The van der Waals surface area contributed by atoms with Crippen molar-refractivity contribution in [1.82, 2.24) is 0 Å². The van der Waals surface area contributed by atoms with E-state index in [0.29, 0.717) is 5.56 Å². The van der Waals surface area contributed by atoms with Gasteiger partial charge in [-0.25, -0.2) is 4.79 Å². The van der Waals surface area contributed by atoms with E-state index < -0.39 is 0 Å². The average molecular weight is 416 g/mol. The minimum atomic E-state index is -0.247. The van der Waals surface area contributed by atoms with Crippen LogP contribution in [0.1, 0.15) is 24.2 Å². The maximum atomic E-state index is 11.6. The summed E-state index contributed by atoms with van der Waals surface area (Å²) in [5.41, 5.74) is 0.645. The summed E-state index contributed by atoms with van der Waals surface area (Å²) in [5.74, 6) is -0.247. The Morgan fingerprint density at radius 3 is 2.57 bits per heavy atom. The SMILES string of the molecule is CC(C)OC(=O)c1cccc(I)c1I. The third-order valence-corrected chi connectivity index (χ3v) is 4.61. The monoisotopic (exact) mass is 416 g/mol. The highest BCUT2D eigenvalue weighted by molar-refractivity contribution is 14.1. The summed E-state index contributed by atoms with van der Waals surface area (Å²) in [4.78, 5) is 11.6. The lowest BCUT2D eigenvalue weighted by Gasteiger charge is -2.09. The molecule has 0 spiro atoms. The molecule has 1 aromatic carbocycles. The van der Waals surface area contributed by atoms with Crippen LogP contribution in [0.3, 0.4) is 0 Å². The van der Waals surface area contributed by atoms with Gasteiger partial charge in [-0.15, -0.1) is 0 Å². The number of carbonyl (C=O) groups excluding carboxylic acids is 1. The average Bonchev–Trinajstić information content (AvgIpc) is 2.08. The molecule has 0 bridgehead atoms. The van der Waals surface area contributed by atoms with Gasteiger partial charge in [0.05, 0.1) is 11.7 Å². The van der Waals surface area contributed by atoms with E-state index in [-0.39, 0.29) is 12.1 Å². The van der Waals surface area contributed by atoms with Gasteiger partial charge < -0.3 is 4.74 Å². The third kappa shape index (κ3) is 3.08. The van der Waals surface area contributed by atoms with Crippen LogP contribution in [0.2, 0.25) is 0 Å². The van der Waals surface area contributed by atoms with Crippen LogP contribution in [0.25, 0.3) is 0 Å². The van der Waals surface area contributed by atoms with Gasteiger partial charge in [-0.3, -0.25) is 0 Å². The van der Waals surface area contributed by atoms with Crippen molar-refractivity contribution in [3.63, 3.8) is 0 Å². The van der Waals surface area contributed by atoms with Crippen LogP contribution in [0, 0.1) is 7.14 Å². The molecule has 0 amide bonds. The molecule has 0 heterocycles. The van der Waals surface area contributed by atoms with Gasteiger partial charge in [-0.1, -0.05) is 6.07 Å². The molecule has 0 aliphatic rings. The van der Waals surface area contributed by atoms with E-state index in [1.165, 1.54) is 0 Å². The molecule has 14 heavy (non-hydrogen) atoms. The molecule has 0 aliphatic heterocycles. The van der Waals surface area contributed by atoms with Crippen molar-refractivity contribution in [3.8, 4) is 0 Å². The molecule has 0 aromatic heterocycles. The first-order valence-electron chi connectivity index (χ1n) is 4.17. The molecular formula is C10H10I2O2. The van der Waals surface area contributed by atoms with Gasteiger partial charge in [-0.05, 0) is 71.2 Å². The number of halogens is 2. The molecule has 1 rings (SSSR count). The lowest BCUT2D eigenvalue weighted by molar-refractivity contribution is 0.0376. The van der Waals surface area contributed by atoms with Gasteiger partial charge >= 0.3 is 5.97 Å². The Labute approximate surface area is 111 Å². The second-order valence-corrected chi connectivity index (χ2v) is 5.30. The van der Waals surface area contributed by atoms with E-state index in [1.54, 1.807) is 6.07 Å². The zero-order valence-corrected chi connectivity index (χ0v) is 12.2. The Balaban J connectivity index is 2.96. The molecule has 1 aromatic rings. The molecule has 0 aliphatic carbocycles. The van der Waals surface area contributed by atoms with Crippen molar-refractivity contribution >= 4 is 51.2 Å². The number of benzene rings is 1. The fourth-order valence-corrected chi connectivity index (χ4v) is 2.02. The van der Waals surface area contributed by atoms with Crippen LogP contribution < -0.4 is 0 Å². The molecule has 0 saturated carbocycles. The fourth-order valence-electron chi connectivity index (χ4n) is 0.939. The standard InChI is InChI=1S/C10H10I2O2/c1-6(2)14-10(13)7-4-3-5-8(11)9(7)12/h3-6H,1-2H3. The van der Waals surface area contributed by atoms with Crippen molar-refractivity contribution in [2.75, 3.05) is 0 Å². The Hall–Kier alpha value is 0.150. The molecule has 76 valence electrons. The summed E-state index contributed by atoms with van der Waals surface area (Å²) in [7, 11) is 0. The Morgan fingerprint density at radius 1 is 1.36 bits per heavy atom. The lowest BCUT2D eigenvalue weighted by atomic mass is 10.2. The quantitative estimate of drug-likeness (QED) is 0.546. The van der Waals surface area contributed by atoms with E-state index in [9.17, 15) is 4.79 Å². The van der Waals surface area contributed by atoms with E-state index >= 15 is 0 Å². The van der Waals surface area contributed by atoms with Crippen LogP contribution in [0.4, 0.5) is 0 Å². The van der Waals surface area contributed by atoms with Crippen LogP contribution in [0.15, 0.2) is 18.2 Å². The van der Waals surface area contributed by atoms with Crippen LogP contribution in [-0.4, -0.2) is 12.1 Å². The number of ether oxygens (including phenoxy) is 1. The largest absolute Gasteiger partial charge is 0.459 e. The highest BCUT2D eigenvalue weighted by Gasteiger charge is 2.13. The molecule has 0 saturated heterocycles. The van der Waals surface area contributed by atoms with Gasteiger partial charge in [0.2, 0.25) is 0 Å². The first kappa shape index (κ1) is 12.2. The number of esters is 1. The maximum absolute atomic E-state index is 11.6. The topological polar surface area (TPSA) is 26.3 Å². The van der Waals surface area contributed by atoms with Gasteiger partial charge in [0, 0.05) is 7.14 Å². The number of hydrogen-bond donors (Lipinski definition) is 0. The van der Waals surface area contributed by atoms with Crippen molar-refractivity contribution in [1.29, 1.82) is 0 Å². The summed E-state index contributed by atoms with van der Waals surface area (Å²) >= 11 is 4.36. The highest BCUT2D eigenvalue weighted by Crippen LogP contribution is 2.20. The second-order valence-electron chi connectivity index (χ2n) is 3.06.